The summed E-state index contributed by atoms with van der Waals surface area (Å²) in [4.78, 5) is 21.5. The number of amides is 1. The molecule has 3 rings (SSSR count). The molecular weight excluding hydrogens is 386 g/mol. The molecule has 1 aliphatic rings. The van der Waals surface area contributed by atoms with Crippen molar-refractivity contribution in [3.63, 3.8) is 0 Å². The largest absolute Gasteiger partial charge is 0.379 e. The summed E-state index contributed by atoms with van der Waals surface area (Å²) in [7, 11) is 0. The summed E-state index contributed by atoms with van der Waals surface area (Å²) in [5.74, 6) is 0.912. The third kappa shape index (κ3) is 7.06. The van der Waals surface area contributed by atoms with Gasteiger partial charge in [-0.15, -0.1) is 0 Å². The highest BCUT2D eigenvalue weighted by Gasteiger charge is 2.17. The summed E-state index contributed by atoms with van der Waals surface area (Å²) in [6.45, 7) is 9.89. The van der Waals surface area contributed by atoms with E-state index < -0.39 is 0 Å². The van der Waals surface area contributed by atoms with Crippen molar-refractivity contribution in [1.82, 2.24) is 19.6 Å². The molecule has 0 saturated carbocycles. The van der Waals surface area contributed by atoms with E-state index in [1.807, 2.05) is 18.2 Å². The van der Waals surface area contributed by atoms with E-state index in [1.54, 1.807) is 0 Å². The van der Waals surface area contributed by atoms with Crippen molar-refractivity contribution in [2.24, 2.45) is 0 Å². The van der Waals surface area contributed by atoms with E-state index in [0.717, 1.165) is 50.2 Å². The highest BCUT2D eigenvalue weighted by atomic mass is 32.1. The third-order valence-electron chi connectivity index (χ3n) is 4.97. The summed E-state index contributed by atoms with van der Waals surface area (Å²) in [6, 6.07) is 10.5. The predicted molar refractivity (Wildman–Crippen MR) is 117 cm³/mol. The van der Waals surface area contributed by atoms with Gasteiger partial charge in [0.2, 0.25) is 11.0 Å². The lowest BCUT2D eigenvalue weighted by molar-refractivity contribution is -0.121. The second kappa shape index (κ2) is 11.2. The van der Waals surface area contributed by atoms with E-state index in [-0.39, 0.29) is 11.9 Å². The van der Waals surface area contributed by atoms with Crippen molar-refractivity contribution >= 4 is 22.6 Å². The van der Waals surface area contributed by atoms with Crippen LogP contribution in [-0.2, 0) is 16.0 Å². The minimum Gasteiger partial charge on any atom is -0.379 e. The number of ether oxygens (including phenoxy) is 1. The molecule has 1 amide bonds. The molecule has 0 bridgehead atoms. The van der Waals surface area contributed by atoms with Crippen LogP contribution < -0.4 is 10.2 Å². The molecule has 0 aliphatic carbocycles. The van der Waals surface area contributed by atoms with Crippen LogP contribution in [0.3, 0.4) is 0 Å². The van der Waals surface area contributed by atoms with Gasteiger partial charge in [-0.1, -0.05) is 30.3 Å². The summed E-state index contributed by atoms with van der Waals surface area (Å²) >= 11 is 1.41. The first-order valence-electron chi connectivity index (χ1n) is 10.3. The molecule has 0 spiro atoms. The maximum Gasteiger partial charge on any atom is 0.221 e. The molecule has 1 aliphatic heterocycles. The van der Waals surface area contributed by atoms with Crippen LogP contribution in [0.4, 0.5) is 5.13 Å². The van der Waals surface area contributed by atoms with Gasteiger partial charge in [-0.05, 0) is 19.4 Å². The number of carbonyl (C=O) groups is 1. The Morgan fingerprint density at radius 3 is 2.76 bits per heavy atom. The monoisotopic (exact) mass is 417 g/mol. The molecule has 1 saturated heterocycles. The second-order valence-electron chi connectivity index (χ2n) is 7.50. The van der Waals surface area contributed by atoms with E-state index in [0.29, 0.717) is 19.5 Å². The molecule has 1 N–H and O–H groups in total. The van der Waals surface area contributed by atoms with Gasteiger partial charge in [0.25, 0.3) is 0 Å². The second-order valence-corrected chi connectivity index (χ2v) is 8.23. The zero-order valence-electron chi connectivity index (χ0n) is 17.3. The lowest BCUT2D eigenvalue weighted by atomic mass is 10.1. The fourth-order valence-electron chi connectivity index (χ4n) is 3.27. The number of morpholine rings is 1. The molecule has 2 heterocycles. The van der Waals surface area contributed by atoms with Crippen molar-refractivity contribution < 1.29 is 9.53 Å². The molecule has 1 fully saturated rings. The van der Waals surface area contributed by atoms with Crippen LogP contribution in [0.5, 0.6) is 0 Å². The number of anilines is 1. The van der Waals surface area contributed by atoms with Crippen LogP contribution in [0, 0.1) is 0 Å². The zero-order chi connectivity index (χ0) is 20.5. The Bertz CT molecular complexity index is 747. The lowest BCUT2D eigenvalue weighted by Crippen LogP contribution is -2.42. The van der Waals surface area contributed by atoms with Gasteiger partial charge < -0.3 is 15.0 Å². The summed E-state index contributed by atoms with van der Waals surface area (Å²) in [5.41, 5.74) is 1.20. The van der Waals surface area contributed by atoms with Crippen LogP contribution in [0.1, 0.15) is 31.7 Å². The van der Waals surface area contributed by atoms with Crippen LogP contribution in [0.15, 0.2) is 30.3 Å². The summed E-state index contributed by atoms with van der Waals surface area (Å²) in [6.07, 6.45) is 1.18. The first-order chi connectivity index (χ1) is 14.1. The maximum absolute atomic E-state index is 12.3. The molecule has 1 aromatic carbocycles. The number of carbonyl (C=O) groups excluding carboxylic acids is 1. The maximum atomic E-state index is 12.3. The molecule has 2 aromatic rings. The fourth-order valence-corrected chi connectivity index (χ4v) is 4.12. The van der Waals surface area contributed by atoms with Gasteiger partial charge in [0, 0.05) is 63.1 Å². The summed E-state index contributed by atoms with van der Waals surface area (Å²) in [5, 5.41) is 3.91. The third-order valence-corrected chi connectivity index (χ3v) is 5.76. The molecule has 158 valence electrons. The minimum absolute atomic E-state index is 0.0814. The van der Waals surface area contributed by atoms with Gasteiger partial charge in [0.05, 0.1) is 13.2 Å². The Labute approximate surface area is 177 Å². The van der Waals surface area contributed by atoms with Crippen molar-refractivity contribution in [1.29, 1.82) is 0 Å². The molecular formula is C21H31N5O2S. The van der Waals surface area contributed by atoms with Gasteiger partial charge in [0.1, 0.15) is 5.82 Å². The fraction of sp³-hybridized carbons (Fsp3) is 0.571. The number of benzene rings is 1. The van der Waals surface area contributed by atoms with Gasteiger partial charge >= 0.3 is 0 Å². The topological polar surface area (TPSA) is 70.6 Å². The Hall–Kier alpha value is -2.03. The average molecular weight is 418 g/mol. The van der Waals surface area contributed by atoms with Crippen LogP contribution in [-0.4, -0.2) is 72.1 Å². The SMILES string of the molecule is CC(C)N(CCC(=O)NCCN1CCOCC1)c1nc(Cc2ccccc2)ns1. The number of hydrogen-bond donors (Lipinski definition) is 1. The predicted octanol–water partition coefficient (Wildman–Crippen LogP) is 2.18. The average Bonchev–Trinajstić information content (AvgIpc) is 3.17. The van der Waals surface area contributed by atoms with Gasteiger partial charge in [-0.25, -0.2) is 4.98 Å². The van der Waals surface area contributed by atoms with Crippen molar-refractivity contribution in [2.45, 2.75) is 32.7 Å². The normalized spacial score (nSPS) is 14.9. The number of aromatic nitrogens is 2. The Morgan fingerprint density at radius 1 is 1.28 bits per heavy atom. The Kier molecular flexibility index (Phi) is 8.39. The number of nitrogens with one attached hydrogen (secondary N) is 1. The molecule has 7 nitrogen and oxygen atoms in total. The van der Waals surface area contributed by atoms with E-state index >= 15 is 0 Å². The molecule has 0 radical (unpaired) electrons. The first-order valence-corrected chi connectivity index (χ1v) is 11.1. The molecule has 8 heteroatoms. The van der Waals surface area contributed by atoms with E-state index in [1.165, 1.54) is 17.1 Å². The van der Waals surface area contributed by atoms with Crippen molar-refractivity contribution in [3.8, 4) is 0 Å². The van der Waals surface area contributed by atoms with Crippen LogP contribution in [0.2, 0.25) is 0 Å². The first kappa shape index (κ1) is 21.7. The number of hydrogen-bond acceptors (Lipinski definition) is 7. The quantitative estimate of drug-likeness (QED) is 0.639. The lowest BCUT2D eigenvalue weighted by Gasteiger charge is -2.27. The number of rotatable bonds is 10. The van der Waals surface area contributed by atoms with Crippen LogP contribution >= 0.6 is 11.5 Å². The molecule has 0 unspecified atom stereocenters. The van der Waals surface area contributed by atoms with Crippen molar-refractivity contribution in [2.75, 3.05) is 50.8 Å². The van der Waals surface area contributed by atoms with Gasteiger partial charge in [0.15, 0.2) is 0 Å². The molecule has 1 aromatic heterocycles. The molecule has 29 heavy (non-hydrogen) atoms. The minimum atomic E-state index is 0.0814. The van der Waals surface area contributed by atoms with E-state index in [9.17, 15) is 4.79 Å². The zero-order valence-corrected chi connectivity index (χ0v) is 18.2. The molecule has 0 atom stereocenters. The standard InChI is InChI=1S/C21H31N5O2S/c1-17(2)26(10-8-20(27)22-9-11-25-12-14-28-15-13-25)21-23-19(24-29-21)16-18-6-4-3-5-7-18/h3-7,17H,8-16H2,1-2H3,(H,22,27). The van der Waals surface area contributed by atoms with Gasteiger partial charge in [-0.3, -0.25) is 9.69 Å². The smallest absolute Gasteiger partial charge is 0.221 e. The number of nitrogens with zero attached hydrogens (tertiary/aromatic N) is 4. The highest BCUT2D eigenvalue weighted by Crippen LogP contribution is 2.21. The van der Waals surface area contributed by atoms with E-state index in [4.69, 9.17) is 9.72 Å². The Balaban J connectivity index is 1.45. The Morgan fingerprint density at radius 2 is 2.03 bits per heavy atom. The van der Waals surface area contributed by atoms with Crippen LogP contribution in [0.25, 0.3) is 0 Å². The van der Waals surface area contributed by atoms with E-state index in [2.05, 4.69) is 45.5 Å². The van der Waals surface area contributed by atoms with Gasteiger partial charge in [-0.2, -0.15) is 4.37 Å². The highest BCUT2D eigenvalue weighted by molar-refractivity contribution is 7.09. The summed E-state index contributed by atoms with van der Waals surface area (Å²) < 4.78 is 9.86. The van der Waals surface area contributed by atoms with Crippen molar-refractivity contribution in [3.05, 3.63) is 41.7 Å².